The lowest BCUT2D eigenvalue weighted by molar-refractivity contribution is 0.380. The molecule has 1 atom stereocenters. The summed E-state index contributed by atoms with van der Waals surface area (Å²) >= 11 is 0. The summed E-state index contributed by atoms with van der Waals surface area (Å²) < 4.78 is 0. The van der Waals surface area contributed by atoms with E-state index in [1.165, 1.54) is 38.6 Å². The van der Waals surface area contributed by atoms with Gasteiger partial charge in [0.2, 0.25) is 0 Å². The topological polar surface area (TPSA) is 12.0 Å². The predicted octanol–water partition coefficient (Wildman–Crippen LogP) is 2.35. The molecule has 0 aliphatic carbocycles. The van der Waals surface area contributed by atoms with Crippen molar-refractivity contribution in [2.24, 2.45) is 0 Å². The highest BCUT2D eigenvalue weighted by Gasteiger charge is 2.09. The first-order valence-electron chi connectivity index (χ1n) is 4.17. The number of halogens is 1. The number of hydrogen-bond acceptors (Lipinski definition) is 1. The Bertz CT molecular complexity index is 66.9. The molecule has 1 nitrogen and oxygen atoms in total. The van der Waals surface area contributed by atoms with Gasteiger partial charge >= 0.3 is 0 Å². The van der Waals surface area contributed by atoms with Crippen LogP contribution in [0.2, 0.25) is 0 Å². The van der Waals surface area contributed by atoms with Crippen molar-refractivity contribution in [2.75, 3.05) is 6.54 Å². The van der Waals surface area contributed by atoms with Gasteiger partial charge in [-0.2, -0.15) is 0 Å². The SMILES string of the molecule is CCC[C@H]1CCCCN1.Cl. The Kier molecular flexibility index (Phi) is 6.14. The van der Waals surface area contributed by atoms with Crippen LogP contribution in [0.1, 0.15) is 39.0 Å². The summed E-state index contributed by atoms with van der Waals surface area (Å²) in [6.07, 6.45) is 6.95. The molecular formula is C8H18ClN. The molecular weight excluding hydrogens is 146 g/mol. The molecule has 0 aromatic rings. The summed E-state index contributed by atoms with van der Waals surface area (Å²) in [7, 11) is 0. The summed E-state index contributed by atoms with van der Waals surface area (Å²) in [5.41, 5.74) is 0. The van der Waals surface area contributed by atoms with E-state index in [2.05, 4.69) is 12.2 Å². The first-order valence-corrected chi connectivity index (χ1v) is 4.17. The lowest BCUT2D eigenvalue weighted by Gasteiger charge is -2.22. The first-order chi connectivity index (χ1) is 4.43. The molecule has 10 heavy (non-hydrogen) atoms. The maximum absolute atomic E-state index is 3.52. The molecule has 1 N–H and O–H groups in total. The second kappa shape index (κ2) is 5.99. The minimum atomic E-state index is 0. The van der Waals surface area contributed by atoms with Gasteiger partial charge in [0.05, 0.1) is 0 Å². The van der Waals surface area contributed by atoms with Crippen LogP contribution in [0.4, 0.5) is 0 Å². The molecule has 0 spiro atoms. The van der Waals surface area contributed by atoms with Crippen LogP contribution in [0.3, 0.4) is 0 Å². The maximum atomic E-state index is 3.52. The summed E-state index contributed by atoms with van der Waals surface area (Å²) in [5.74, 6) is 0. The highest BCUT2D eigenvalue weighted by Crippen LogP contribution is 2.10. The number of rotatable bonds is 2. The van der Waals surface area contributed by atoms with E-state index < -0.39 is 0 Å². The second-order valence-electron chi connectivity index (χ2n) is 2.94. The van der Waals surface area contributed by atoms with E-state index in [1.807, 2.05) is 0 Å². The van der Waals surface area contributed by atoms with Gasteiger partial charge in [0, 0.05) is 6.04 Å². The van der Waals surface area contributed by atoms with Gasteiger partial charge in [-0.1, -0.05) is 19.8 Å². The third-order valence-corrected chi connectivity index (χ3v) is 2.05. The fraction of sp³-hybridized carbons (Fsp3) is 1.00. The summed E-state index contributed by atoms with van der Waals surface area (Å²) in [4.78, 5) is 0. The number of piperidine rings is 1. The van der Waals surface area contributed by atoms with E-state index in [0.717, 1.165) is 6.04 Å². The van der Waals surface area contributed by atoms with Gasteiger partial charge in [-0.3, -0.25) is 0 Å². The van der Waals surface area contributed by atoms with Gasteiger partial charge in [0.1, 0.15) is 0 Å². The molecule has 1 heterocycles. The third-order valence-electron chi connectivity index (χ3n) is 2.05. The van der Waals surface area contributed by atoms with Crippen molar-refractivity contribution in [3.63, 3.8) is 0 Å². The molecule has 0 unspecified atom stereocenters. The Morgan fingerprint density at radius 3 is 2.70 bits per heavy atom. The van der Waals surface area contributed by atoms with E-state index in [1.54, 1.807) is 0 Å². The van der Waals surface area contributed by atoms with Gasteiger partial charge in [0.25, 0.3) is 0 Å². The summed E-state index contributed by atoms with van der Waals surface area (Å²) in [6, 6.07) is 0.851. The Labute approximate surface area is 70.0 Å². The Balaban J connectivity index is 0.000000810. The van der Waals surface area contributed by atoms with E-state index in [-0.39, 0.29) is 12.4 Å². The zero-order valence-electron chi connectivity index (χ0n) is 6.73. The molecule has 0 amide bonds. The normalized spacial score (nSPS) is 25.5. The van der Waals surface area contributed by atoms with E-state index in [9.17, 15) is 0 Å². The van der Waals surface area contributed by atoms with E-state index >= 15 is 0 Å². The van der Waals surface area contributed by atoms with Crippen molar-refractivity contribution >= 4 is 12.4 Å². The summed E-state index contributed by atoms with van der Waals surface area (Å²) in [6.45, 7) is 3.51. The van der Waals surface area contributed by atoms with Crippen molar-refractivity contribution in [1.29, 1.82) is 0 Å². The molecule has 1 aliphatic heterocycles. The van der Waals surface area contributed by atoms with Crippen LogP contribution in [0.15, 0.2) is 0 Å². The Morgan fingerprint density at radius 1 is 1.40 bits per heavy atom. The average Bonchev–Trinajstić information content (AvgIpc) is 1.91. The van der Waals surface area contributed by atoms with Crippen LogP contribution in [-0.2, 0) is 0 Å². The maximum Gasteiger partial charge on any atom is 0.00669 e. The van der Waals surface area contributed by atoms with Crippen molar-refractivity contribution in [2.45, 2.75) is 45.1 Å². The van der Waals surface area contributed by atoms with Gasteiger partial charge in [0.15, 0.2) is 0 Å². The molecule has 0 radical (unpaired) electrons. The fourth-order valence-electron chi connectivity index (χ4n) is 1.52. The largest absolute Gasteiger partial charge is 0.314 e. The van der Waals surface area contributed by atoms with Crippen LogP contribution in [-0.4, -0.2) is 12.6 Å². The Morgan fingerprint density at radius 2 is 2.20 bits per heavy atom. The van der Waals surface area contributed by atoms with E-state index in [4.69, 9.17) is 0 Å². The third kappa shape index (κ3) is 3.43. The fourth-order valence-corrected chi connectivity index (χ4v) is 1.52. The van der Waals surface area contributed by atoms with E-state index in [0.29, 0.717) is 0 Å². The zero-order chi connectivity index (χ0) is 6.53. The molecule has 0 aromatic carbocycles. The van der Waals surface area contributed by atoms with Gasteiger partial charge in [-0.05, 0) is 25.8 Å². The molecule has 0 saturated carbocycles. The smallest absolute Gasteiger partial charge is 0.00669 e. The van der Waals surface area contributed by atoms with Crippen LogP contribution in [0.5, 0.6) is 0 Å². The standard InChI is InChI=1S/C8H17N.ClH/c1-2-5-8-6-3-4-7-9-8;/h8-9H,2-7H2,1H3;1H/t8-;/m0./s1. The molecule has 1 aliphatic rings. The second-order valence-corrected chi connectivity index (χ2v) is 2.94. The zero-order valence-corrected chi connectivity index (χ0v) is 7.54. The highest BCUT2D eigenvalue weighted by molar-refractivity contribution is 5.85. The molecule has 1 fully saturated rings. The van der Waals surface area contributed by atoms with Gasteiger partial charge in [-0.15, -0.1) is 12.4 Å². The quantitative estimate of drug-likeness (QED) is 0.659. The molecule has 0 aromatic heterocycles. The molecule has 1 saturated heterocycles. The number of nitrogens with one attached hydrogen (secondary N) is 1. The average molecular weight is 164 g/mol. The van der Waals surface area contributed by atoms with Crippen molar-refractivity contribution in [1.82, 2.24) is 5.32 Å². The molecule has 62 valence electrons. The first kappa shape index (κ1) is 10.2. The van der Waals surface area contributed by atoms with Gasteiger partial charge < -0.3 is 5.32 Å². The molecule has 0 bridgehead atoms. The minimum absolute atomic E-state index is 0. The number of hydrogen-bond donors (Lipinski definition) is 1. The highest BCUT2D eigenvalue weighted by atomic mass is 35.5. The van der Waals surface area contributed by atoms with Crippen molar-refractivity contribution in [3.8, 4) is 0 Å². The predicted molar refractivity (Wildman–Crippen MR) is 47.8 cm³/mol. The van der Waals surface area contributed by atoms with Crippen LogP contribution in [0, 0.1) is 0 Å². The Hall–Kier alpha value is 0.250. The summed E-state index contributed by atoms with van der Waals surface area (Å²) in [5, 5.41) is 3.52. The van der Waals surface area contributed by atoms with Crippen LogP contribution >= 0.6 is 12.4 Å². The molecule has 1 rings (SSSR count). The van der Waals surface area contributed by atoms with Crippen LogP contribution in [0.25, 0.3) is 0 Å². The lowest BCUT2D eigenvalue weighted by atomic mass is 10.0. The monoisotopic (exact) mass is 163 g/mol. The van der Waals surface area contributed by atoms with Crippen molar-refractivity contribution < 1.29 is 0 Å². The van der Waals surface area contributed by atoms with Gasteiger partial charge in [-0.25, -0.2) is 0 Å². The minimum Gasteiger partial charge on any atom is -0.314 e. The van der Waals surface area contributed by atoms with Crippen molar-refractivity contribution in [3.05, 3.63) is 0 Å². The van der Waals surface area contributed by atoms with Crippen LogP contribution < -0.4 is 5.32 Å². The molecule has 2 heteroatoms. The lowest BCUT2D eigenvalue weighted by Crippen LogP contribution is -2.33.